The fourth-order valence-corrected chi connectivity index (χ4v) is 4.18. The van der Waals surface area contributed by atoms with Crippen LogP contribution in [0.2, 0.25) is 0 Å². The molecular formula is C25H27N3O6S. The maximum atomic E-state index is 12.8. The van der Waals surface area contributed by atoms with Crippen LogP contribution in [0.4, 0.5) is 11.4 Å². The Kier molecular flexibility index (Phi) is 8.69. The molecule has 0 aliphatic heterocycles. The second-order valence-corrected chi connectivity index (χ2v) is 8.96. The first-order chi connectivity index (χ1) is 16.8. The first-order valence-corrected chi connectivity index (χ1v) is 12.5. The van der Waals surface area contributed by atoms with Crippen LogP contribution in [0.1, 0.15) is 24.2 Å². The molecule has 0 spiro atoms. The summed E-state index contributed by atoms with van der Waals surface area (Å²) in [6.45, 7) is 4.49. The molecule has 0 saturated carbocycles. The van der Waals surface area contributed by atoms with Gasteiger partial charge in [-0.05, 0) is 80.6 Å². The highest BCUT2D eigenvalue weighted by molar-refractivity contribution is 7.92. The topological polar surface area (TPSA) is 123 Å². The number of amides is 2. The van der Waals surface area contributed by atoms with E-state index in [1.165, 1.54) is 24.3 Å². The number of nitrogens with one attached hydrogen (secondary N) is 3. The first-order valence-electron chi connectivity index (χ1n) is 11.0. The molecule has 35 heavy (non-hydrogen) atoms. The average Bonchev–Trinajstić information content (AvgIpc) is 2.85. The summed E-state index contributed by atoms with van der Waals surface area (Å²) in [5.41, 5.74) is 1.02. The number of anilines is 2. The van der Waals surface area contributed by atoms with E-state index >= 15 is 0 Å². The normalized spacial score (nSPS) is 10.8. The van der Waals surface area contributed by atoms with Crippen molar-refractivity contribution in [3.63, 3.8) is 0 Å². The molecule has 2 amide bonds. The number of sulfonamides is 1. The van der Waals surface area contributed by atoms with E-state index in [2.05, 4.69) is 15.4 Å². The smallest absolute Gasteiger partial charge is 0.261 e. The molecule has 0 fully saturated rings. The summed E-state index contributed by atoms with van der Waals surface area (Å²) in [6, 6.07) is 18.9. The largest absolute Gasteiger partial charge is 0.494 e. The monoisotopic (exact) mass is 497 g/mol. The Morgan fingerprint density at radius 3 is 1.94 bits per heavy atom. The van der Waals surface area contributed by atoms with E-state index in [0.717, 1.165) is 0 Å². The van der Waals surface area contributed by atoms with Crippen molar-refractivity contribution in [1.29, 1.82) is 0 Å². The van der Waals surface area contributed by atoms with Crippen LogP contribution in [0.5, 0.6) is 11.5 Å². The van der Waals surface area contributed by atoms with Gasteiger partial charge in [0.25, 0.3) is 15.9 Å². The van der Waals surface area contributed by atoms with Gasteiger partial charge >= 0.3 is 0 Å². The third kappa shape index (κ3) is 7.47. The molecule has 3 rings (SSSR count). The van der Waals surface area contributed by atoms with Crippen LogP contribution in [-0.2, 0) is 14.8 Å². The summed E-state index contributed by atoms with van der Waals surface area (Å²) in [5, 5.41) is 5.16. The van der Waals surface area contributed by atoms with E-state index in [1.54, 1.807) is 48.5 Å². The number of carbonyl (C=O) groups excluding carboxylic acids is 2. The molecule has 184 valence electrons. The van der Waals surface area contributed by atoms with Crippen molar-refractivity contribution in [2.45, 2.75) is 18.7 Å². The zero-order valence-corrected chi connectivity index (χ0v) is 20.2. The van der Waals surface area contributed by atoms with Crippen molar-refractivity contribution in [2.75, 3.05) is 29.8 Å². The quantitative estimate of drug-likeness (QED) is 0.372. The van der Waals surface area contributed by atoms with Crippen LogP contribution in [0.3, 0.4) is 0 Å². The van der Waals surface area contributed by atoms with Crippen LogP contribution in [0.15, 0.2) is 77.7 Å². The van der Waals surface area contributed by atoms with Crippen molar-refractivity contribution < 1.29 is 27.5 Å². The van der Waals surface area contributed by atoms with Crippen LogP contribution >= 0.6 is 0 Å². The van der Waals surface area contributed by atoms with E-state index in [4.69, 9.17) is 9.47 Å². The Morgan fingerprint density at radius 2 is 1.37 bits per heavy atom. The van der Waals surface area contributed by atoms with Gasteiger partial charge in [-0.1, -0.05) is 6.07 Å². The number of carbonyl (C=O) groups is 2. The summed E-state index contributed by atoms with van der Waals surface area (Å²) in [5.74, 6) is 0.305. The Hall–Kier alpha value is -4.05. The second kappa shape index (κ2) is 11.9. The maximum Gasteiger partial charge on any atom is 0.261 e. The highest BCUT2D eigenvalue weighted by Crippen LogP contribution is 2.20. The van der Waals surface area contributed by atoms with E-state index < -0.39 is 21.8 Å². The Bertz CT molecular complexity index is 1260. The van der Waals surface area contributed by atoms with E-state index in [1.807, 2.05) is 13.8 Å². The van der Waals surface area contributed by atoms with Crippen LogP contribution in [0, 0.1) is 0 Å². The highest BCUT2D eigenvalue weighted by atomic mass is 32.2. The first kappa shape index (κ1) is 25.6. The van der Waals surface area contributed by atoms with Gasteiger partial charge in [0.2, 0.25) is 5.91 Å². The predicted molar refractivity (Wildman–Crippen MR) is 133 cm³/mol. The Balaban J connectivity index is 1.58. The molecule has 10 heteroatoms. The van der Waals surface area contributed by atoms with E-state index in [9.17, 15) is 18.0 Å². The molecule has 3 aromatic carbocycles. The predicted octanol–water partition coefficient (Wildman–Crippen LogP) is 3.65. The lowest BCUT2D eigenvalue weighted by atomic mass is 10.2. The van der Waals surface area contributed by atoms with Crippen molar-refractivity contribution in [2.24, 2.45) is 0 Å². The summed E-state index contributed by atoms with van der Waals surface area (Å²) in [7, 11) is -3.93. The number of rotatable bonds is 11. The van der Waals surface area contributed by atoms with E-state index in [0.29, 0.717) is 36.1 Å². The van der Waals surface area contributed by atoms with Gasteiger partial charge < -0.3 is 20.1 Å². The van der Waals surface area contributed by atoms with Gasteiger partial charge in [0.15, 0.2) is 0 Å². The third-order valence-electron chi connectivity index (χ3n) is 4.68. The molecule has 0 radical (unpaired) electrons. The summed E-state index contributed by atoms with van der Waals surface area (Å²) < 4.78 is 38.7. The van der Waals surface area contributed by atoms with Gasteiger partial charge in [-0.15, -0.1) is 0 Å². The lowest BCUT2D eigenvalue weighted by Gasteiger charge is -2.11. The minimum atomic E-state index is -3.93. The lowest BCUT2D eigenvalue weighted by Crippen LogP contribution is -2.33. The lowest BCUT2D eigenvalue weighted by molar-refractivity contribution is -0.115. The average molecular weight is 498 g/mol. The van der Waals surface area contributed by atoms with Crippen molar-refractivity contribution in [1.82, 2.24) is 5.32 Å². The molecule has 0 saturated heterocycles. The van der Waals surface area contributed by atoms with Crippen LogP contribution in [0.25, 0.3) is 0 Å². The number of hydrogen-bond donors (Lipinski definition) is 3. The number of benzene rings is 3. The zero-order valence-electron chi connectivity index (χ0n) is 19.4. The molecule has 9 nitrogen and oxygen atoms in total. The Morgan fingerprint density at radius 1 is 0.800 bits per heavy atom. The molecule has 0 unspecified atom stereocenters. The van der Waals surface area contributed by atoms with Crippen LogP contribution in [-0.4, -0.2) is 40.0 Å². The SMILES string of the molecule is CCOc1ccc(NC(=O)CNC(=O)c2cccc(S(=O)(=O)Nc3ccc(OCC)cc3)c2)cc1. The van der Waals surface area contributed by atoms with Crippen molar-refractivity contribution >= 4 is 33.2 Å². The van der Waals surface area contributed by atoms with E-state index in [-0.39, 0.29) is 17.0 Å². The molecule has 3 aromatic rings. The third-order valence-corrected chi connectivity index (χ3v) is 6.06. The molecular weight excluding hydrogens is 470 g/mol. The summed E-state index contributed by atoms with van der Waals surface area (Å²) in [6.07, 6.45) is 0. The molecule has 3 N–H and O–H groups in total. The second-order valence-electron chi connectivity index (χ2n) is 7.28. The summed E-state index contributed by atoms with van der Waals surface area (Å²) in [4.78, 5) is 24.6. The zero-order chi connectivity index (χ0) is 25.3. The van der Waals surface area contributed by atoms with Gasteiger partial charge in [0.05, 0.1) is 24.7 Å². The van der Waals surface area contributed by atoms with Gasteiger partial charge in [-0.2, -0.15) is 0 Å². The summed E-state index contributed by atoms with van der Waals surface area (Å²) >= 11 is 0. The molecule has 0 heterocycles. The van der Waals surface area contributed by atoms with Gasteiger partial charge in [0.1, 0.15) is 11.5 Å². The van der Waals surface area contributed by atoms with Crippen molar-refractivity contribution in [3.8, 4) is 11.5 Å². The van der Waals surface area contributed by atoms with Gasteiger partial charge in [-0.25, -0.2) is 8.42 Å². The van der Waals surface area contributed by atoms with Gasteiger partial charge in [-0.3, -0.25) is 14.3 Å². The highest BCUT2D eigenvalue weighted by Gasteiger charge is 2.17. The van der Waals surface area contributed by atoms with Gasteiger partial charge in [0, 0.05) is 16.9 Å². The van der Waals surface area contributed by atoms with Crippen molar-refractivity contribution in [3.05, 3.63) is 78.4 Å². The fraction of sp³-hybridized carbons (Fsp3) is 0.200. The number of hydrogen-bond acceptors (Lipinski definition) is 6. The molecule has 0 atom stereocenters. The standard InChI is InChI=1S/C25H27N3O6S/c1-3-33-21-12-8-19(9-13-21)27-24(29)17-26-25(30)18-6-5-7-23(16-18)35(31,32)28-20-10-14-22(15-11-20)34-4-2/h5-16,28H,3-4,17H2,1-2H3,(H,26,30)(H,27,29). The minimum Gasteiger partial charge on any atom is -0.494 e. The Labute approximate surface area is 204 Å². The minimum absolute atomic E-state index is 0.0853. The molecule has 0 aliphatic carbocycles. The van der Waals surface area contributed by atoms with Crippen LogP contribution < -0.4 is 24.8 Å². The molecule has 0 aromatic heterocycles. The molecule has 0 aliphatic rings. The fourth-order valence-electron chi connectivity index (χ4n) is 3.07. The maximum absolute atomic E-state index is 12.8. The molecule has 0 bridgehead atoms. The number of ether oxygens (including phenoxy) is 2.